The molecule has 1 atom stereocenters. The van der Waals surface area contributed by atoms with Crippen molar-refractivity contribution in [1.29, 1.82) is 0 Å². The van der Waals surface area contributed by atoms with E-state index in [1.807, 2.05) is 31.2 Å². The molecule has 1 unspecified atom stereocenters. The second kappa shape index (κ2) is 6.43. The van der Waals surface area contributed by atoms with Crippen LogP contribution in [-0.4, -0.2) is 5.11 Å². The highest BCUT2D eigenvalue weighted by Crippen LogP contribution is 2.27. The lowest BCUT2D eigenvalue weighted by Gasteiger charge is -2.15. The first-order valence-electron chi connectivity index (χ1n) is 7.12. The molecule has 20 heavy (non-hydrogen) atoms. The minimum atomic E-state index is -0.622. The van der Waals surface area contributed by atoms with E-state index in [2.05, 4.69) is 26.0 Å². The number of aliphatic hydroxyl groups excluding tert-OH is 1. The molecular weight excluding hydrogens is 268 g/mol. The Labute approximate surface area is 126 Å². The number of aryl methyl sites for hydroxylation is 3. The molecule has 0 radical (unpaired) electrons. The van der Waals surface area contributed by atoms with Crippen molar-refractivity contribution in [3.05, 3.63) is 69.2 Å². The summed E-state index contributed by atoms with van der Waals surface area (Å²) in [4.78, 5) is 0. The van der Waals surface area contributed by atoms with E-state index in [-0.39, 0.29) is 0 Å². The summed E-state index contributed by atoms with van der Waals surface area (Å²) in [6.07, 6.45) is 1.39. The summed E-state index contributed by atoms with van der Waals surface area (Å²) in [6.45, 7) is 6.29. The molecule has 0 bridgehead atoms. The molecule has 1 N–H and O–H groups in total. The van der Waals surface area contributed by atoms with Crippen molar-refractivity contribution in [3.8, 4) is 0 Å². The van der Waals surface area contributed by atoms with Gasteiger partial charge >= 0.3 is 0 Å². The maximum absolute atomic E-state index is 10.6. The van der Waals surface area contributed by atoms with Crippen molar-refractivity contribution in [2.24, 2.45) is 0 Å². The van der Waals surface area contributed by atoms with Gasteiger partial charge in [-0.25, -0.2) is 0 Å². The van der Waals surface area contributed by atoms with Gasteiger partial charge < -0.3 is 5.11 Å². The van der Waals surface area contributed by atoms with Crippen molar-refractivity contribution in [2.75, 3.05) is 0 Å². The third kappa shape index (κ3) is 3.23. The fourth-order valence-electron chi connectivity index (χ4n) is 2.60. The molecule has 2 aromatic rings. The third-order valence-electron chi connectivity index (χ3n) is 3.69. The second-order valence-corrected chi connectivity index (χ2v) is 5.64. The zero-order valence-corrected chi connectivity index (χ0v) is 13.0. The summed E-state index contributed by atoms with van der Waals surface area (Å²) >= 11 is 6.08. The molecule has 2 heteroatoms. The Morgan fingerprint density at radius 2 is 1.65 bits per heavy atom. The Hall–Kier alpha value is -1.31. The van der Waals surface area contributed by atoms with E-state index >= 15 is 0 Å². The van der Waals surface area contributed by atoms with Crippen molar-refractivity contribution in [1.82, 2.24) is 0 Å². The van der Waals surface area contributed by atoms with Crippen LogP contribution in [0.25, 0.3) is 0 Å². The molecule has 0 saturated heterocycles. The van der Waals surface area contributed by atoms with Crippen LogP contribution in [0.1, 0.15) is 47.8 Å². The Morgan fingerprint density at radius 1 is 0.950 bits per heavy atom. The highest BCUT2D eigenvalue weighted by atomic mass is 35.5. The maximum Gasteiger partial charge on any atom is 0.104 e. The minimum Gasteiger partial charge on any atom is -0.384 e. The van der Waals surface area contributed by atoms with E-state index in [9.17, 15) is 5.11 Å². The highest BCUT2D eigenvalue weighted by molar-refractivity contribution is 6.30. The van der Waals surface area contributed by atoms with Gasteiger partial charge in [-0.1, -0.05) is 49.7 Å². The van der Waals surface area contributed by atoms with Gasteiger partial charge in [-0.2, -0.15) is 0 Å². The van der Waals surface area contributed by atoms with Crippen LogP contribution in [0, 0.1) is 6.92 Å². The zero-order chi connectivity index (χ0) is 14.7. The number of hydrogen-bond acceptors (Lipinski definition) is 1. The molecule has 1 nitrogen and oxygen atoms in total. The molecule has 0 aliphatic heterocycles. The van der Waals surface area contributed by atoms with E-state index in [1.165, 1.54) is 11.1 Å². The zero-order valence-electron chi connectivity index (χ0n) is 12.3. The van der Waals surface area contributed by atoms with Crippen molar-refractivity contribution in [2.45, 2.75) is 39.7 Å². The smallest absolute Gasteiger partial charge is 0.104 e. The summed E-state index contributed by atoms with van der Waals surface area (Å²) in [5.41, 5.74) is 5.50. The SMILES string of the molecule is CCc1ccc(C(O)c2cc(C)cc(Cl)c2)cc1CC. The van der Waals surface area contributed by atoms with Crippen LogP contribution >= 0.6 is 11.6 Å². The molecule has 0 fully saturated rings. The van der Waals surface area contributed by atoms with Crippen LogP contribution in [0.4, 0.5) is 0 Å². The van der Waals surface area contributed by atoms with Crippen LogP contribution in [0.3, 0.4) is 0 Å². The van der Waals surface area contributed by atoms with E-state index in [4.69, 9.17) is 11.6 Å². The summed E-state index contributed by atoms with van der Waals surface area (Å²) in [7, 11) is 0. The van der Waals surface area contributed by atoms with E-state index < -0.39 is 6.10 Å². The number of benzene rings is 2. The van der Waals surface area contributed by atoms with Crippen molar-refractivity contribution < 1.29 is 5.11 Å². The summed E-state index contributed by atoms with van der Waals surface area (Å²) < 4.78 is 0. The first-order chi connectivity index (χ1) is 9.55. The van der Waals surface area contributed by atoms with Crippen LogP contribution in [0.2, 0.25) is 5.02 Å². The highest BCUT2D eigenvalue weighted by Gasteiger charge is 2.13. The van der Waals surface area contributed by atoms with Gasteiger partial charge in [0.2, 0.25) is 0 Å². The maximum atomic E-state index is 10.6. The van der Waals surface area contributed by atoms with Gasteiger partial charge in [0.25, 0.3) is 0 Å². The monoisotopic (exact) mass is 288 g/mol. The lowest BCUT2D eigenvalue weighted by atomic mass is 9.94. The molecule has 2 rings (SSSR count). The fraction of sp³-hybridized carbons (Fsp3) is 0.333. The Kier molecular flexibility index (Phi) is 4.85. The summed E-state index contributed by atoms with van der Waals surface area (Å²) in [5, 5.41) is 11.2. The molecule has 0 amide bonds. The first-order valence-corrected chi connectivity index (χ1v) is 7.49. The second-order valence-electron chi connectivity index (χ2n) is 5.20. The molecule has 0 aromatic heterocycles. The average molecular weight is 289 g/mol. The van der Waals surface area contributed by atoms with Crippen molar-refractivity contribution >= 4 is 11.6 Å². The quantitative estimate of drug-likeness (QED) is 0.852. The van der Waals surface area contributed by atoms with E-state index in [1.54, 1.807) is 0 Å². The molecule has 2 aromatic carbocycles. The van der Waals surface area contributed by atoms with Crippen LogP contribution in [-0.2, 0) is 12.8 Å². The fourth-order valence-corrected chi connectivity index (χ4v) is 2.90. The Morgan fingerprint density at radius 3 is 2.25 bits per heavy atom. The minimum absolute atomic E-state index is 0.622. The molecule has 0 aliphatic rings. The predicted molar refractivity (Wildman–Crippen MR) is 85.4 cm³/mol. The number of aliphatic hydroxyl groups is 1. The van der Waals surface area contributed by atoms with Crippen LogP contribution in [0.5, 0.6) is 0 Å². The topological polar surface area (TPSA) is 20.2 Å². The molecule has 0 heterocycles. The van der Waals surface area contributed by atoms with Crippen LogP contribution < -0.4 is 0 Å². The molecular formula is C18H21ClO. The van der Waals surface area contributed by atoms with E-state index in [0.29, 0.717) is 5.02 Å². The third-order valence-corrected chi connectivity index (χ3v) is 3.91. The molecule has 106 valence electrons. The first kappa shape index (κ1) is 15.1. The Balaban J connectivity index is 2.39. The van der Waals surface area contributed by atoms with Gasteiger partial charge in [-0.3, -0.25) is 0 Å². The number of rotatable bonds is 4. The molecule has 0 saturated carbocycles. The van der Waals surface area contributed by atoms with Crippen LogP contribution in [0.15, 0.2) is 36.4 Å². The van der Waals surface area contributed by atoms with Gasteiger partial charge in [0, 0.05) is 5.02 Å². The number of halogens is 1. The standard InChI is InChI=1S/C18H21ClO/c1-4-13-6-7-15(10-14(13)5-2)18(20)16-8-12(3)9-17(19)11-16/h6-11,18,20H,4-5H2,1-3H3. The summed E-state index contributed by atoms with van der Waals surface area (Å²) in [6, 6.07) is 12.0. The normalized spacial score (nSPS) is 12.4. The average Bonchev–Trinajstić information content (AvgIpc) is 2.44. The number of hydrogen-bond donors (Lipinski definition) is 1. The molecule has 0 spiro atoms. The summed E-state index contributed by atoms with van der Waals surface area (Å²) in [5.74, 6) is 0. The lowest BCUT2D eigenvalue weighted by molar-refractivity contribution is 0.220. The lowest BCUT2D eigenvalue weighted by Crippen LogP contribution is -2.02. The van der Waals surface area contributed by atoms with Gasteiger partial charge in [-0.15, -0.1) is 0 Å². The molecule has 0 aliphatic carbocycles. The van der Waals surface area contributed by atoms with Crippen molar-refractivity contribution in [3.63, 3.8) is 0 Å². The largest absolute Gasteiger partial charge is 0.384 e. The van der Waals surface area contributed by atoms with E-state index in [0.717, 1.165) is 29.5 Å². The van der Waals surface area contributed by atoms with Gasteiger partial charge in [0.15, 0.2) is 0 Å². The Bertz CT molecular complexity index is 584. The predicted octanol–water partition coefficient (Wildman–Crippen LogP) is 4.85. The van der Waals surface area contributed by atoms with Gasteiger partial charge in [-0.05, 0) is 59.7 Å². The van der Waals surface area contributed by atoms with Gasteiger partial charge in [0.1, 0.15) is 6.10 Å². The van der Waals surface area contributed by atoms with Gasteiger partial charge in [0.05, 0.1) is 0 Å².